The van der Waals surface area contributed by atoms with Gasteiger partial charge in [0.1, 0.15) is 4.99 Å². The molecule has 1 heterocycles. The molecule has 0 atom stereocenters. The van der Waals surface area contributed by atoms with Crippen LogP contribution in [-0.4, -0.2) is 14.1 Å². The van der Waals surface area contributed by atoms with E-state index >= 15 is 0 Å². The van der Waals surface area contributed by atoms with Gasteiger partial charge in [0.05, 0.1) is 6.54 Å². The fraction of sp³-hybridized carbons (Fsp3) is 0.214. The van der Waals surface area contributed by atoms with E-state index in [9.17, 15) is 9.59 Å². The van der Waals surface area contributed by atoms with Gasteiger partial charge in [-0.15, -0.1) is 0 Å². The van der Waals surface area contributed by atoms with Gasteiger partial charge in [-0.2, -0.15) is 0 Å². The molecule has 2 rings (SSSR count). The van der Waals surface area contributed by atoms with Crippen molar-refractivity contribution in [3.8, 4) is 0 Å². The molecule has 0 aliphatic carbocycles. The molecule has 0 fully saturated rings. The molecule has 20 heavy (non-hydrogen) atoms. The number of thiocarbonyl (C=S) groups is 1. The number of benzene rings is 1. The lowest BCUT2D eigenvalue weighted by atomic mass is 10.1. The largest absolute Gasteiger partial charge is 0.389 e. The maximum atomic E-state index is 12.1. The lowest BCUT2D eigenvalue weighted by Crippen LogP contribution is -2.39. The van der Waals surface area contributed by atoms with Gasteiger partial charge in [-0.1, -0.05) is 30.4 Å². The standard InChI is InChI=1S/C14H15N3O2S/c1-2-16-7-6-12(18)17(14(16)19)9-10-4-3-5-11(8-10)13(15)20/h3-8H,2,9H2,1H3,(H2,15,20). The first-order chi connectivity index (χ1) is 9.52. The Morgan fingerprint density at radius 1 is 1.30 bits per heavy atom. The first-order valence-electron chi connectivity index (χ1n) is 6.22. The average Bonchev–Trinajstić information content (AvgIpc) is 2.44. The molecule has 0 unspecified atom stereocenters. The summed E-state index contributed by atoms with van der Waals surface area (Å²) in [6.07, 6.45) is 1.51. The molecule has 2 aromatic rings. The molecule has 5 nitrogen and oxygen atoms in total. The van der Waals surface area contributed by atoms with Crippen LogP contribution in [0.3, 0.4) is 0 Å². The van der Waals surface area contributed by atoms with Crippen LogP contribution in [-0.2, 0) is 13.1 Å². The van der Waals surface area contributed by atoms with Crippen molar-refractivity contribution in [1.82, 2.24) is 9.13 Å². The van der Waals surface area contributed by atoms with E-state index in [4.69, 9.17) is 18.0 Å². The second-order valence-electron chi connectivity index (χ2n) is 4.37. The zero-order valence-electron chi connectivity index (χ0n) is 11.1. The van der Waals surface area contributed by atoms with Crippen LogP contribution in [0.1, 0.15) is 18.1 Å². The smallest absolute Gasteiger partial charge is 0.331 e. The third kappa shape index (κ3) is 2.85. The van der Waals surface area contributed by atoms with Gasteiger partial charge in [0, 0.05) is 24.4 Å². The molecular formula is C14H15N3O2S. The van der Waals surface area contributed by atoms with Gasteiger partial charge < -0.3 is 10.3 Å². The fourth-order valence-corrected chi connectivity index (χ4v) is 2.08. The molecular weight excluding hydrogens is 274 g/mol. The summed E-state index contributed by atoms with van der Waals surface area (Å²) in [7, 11) is 0. The van der Waals surface area contributed by atoms with Crippen molar-refractivity contribution in [2.45, 2.75) is 20.0 Å². The minimum Gasteiger partial charge on any atom is -0.389 e. The van der Waals surface area contributed by atoms with E-state index in [-0.39, 0.29) is 17.8 Å². The van der Waals surface area contributed by atoms with Crippen LogP contribution in [0.5, 0.6) is 0 Å². The predicted molar refractivity (Wildman–Crippen MR) is 82.1 cm³/mol. The molecule has 1 aromatic heterocycles. The summed E-state index contributed by atoms with van der Waals surface area (Å²) in [4.78, 5) is 24.2. The minimum atomic E-state index is -0.319. The molecule has 0 aliphatic heterocycles. The summed E-state index contributed by atoms with van der Waals surface area (Å²) in [5.74, 6) is 0. The quantitative estimate of drug-likeness (QED) is 0.842. The Morgan fingerprint density at radius 3 is 2.70 bits per heavy atom. The Morgan fingerprint density at radius 2 is 2.05 bits per heavy atom. The molecule has 1 aromatic carbocycles. The number of aromatic nitrogens is 2. The van der Waals surface area contributed by atoms with Gasteiger partial charge in [-0.05, 0) is 18.6 Å². The van der Waals surface area contributed by atoms with E-state index in [1.165, 1.54) is 21.4 Å². The van der Waals surface area contributed by atoms with E-state index < -0.39 is 0 Å². The van der Waals surface area contributed by atoms with E-state index in [2.05, 4.69) is 0 Å². The molecule has 0 bridgehead atoms. The average molecular weight is 289 g/mol. The lowest BCUT2D eigenvalue weighted by Gasteiger charge is -2.09. The molecule has 2 N–H and O–H groups in total. The molecule has 0 amide bonds. The molecule has 6 heteroatoms. The minimum absolute atomic E-state index is 0.203. The van der Waals surface area contributed by atoms with Gasteiger partial charge in [-0.3, -0.25) is 9.36 Å². The summed E-state index contributed by atoms with van der Waals surface area (Å²) in [6.45, 7) is 2.57. The van der Waals surface area contributed by atoms with Gasteiger partial charge >= 0.3 is 5.69 Å². The van der Waals surface area contributed by atoms with Crippen molar-refractivity contribution in [2.75, 3.05) is 0 Å². The monoisotopic (exact) mass is 289 g/mol. The van der Waals surface area contributed by atoms with E-state index in [0.717, 1.165) is 11.1 Å². The van der Waals surface area contributed by atoms with Crippen molar-refractivity contribution in [2.24, 2.45) is 5.73 Å². The second kappa shape index (κ2) is 5.83. The summed E-state index contributed by atoms with van der Waals surface area (Å²) in [5.41, 5.74) is 6.47. The summed E-state index contributed by atoms with van der Waals surface area (Å²) >= 11 is 4.92. The third-order valence-electron chi connectivity index (χ3n) is 3.03. The number of aryl methyl sites for hydroxylation is 1. The van der Waals surface area contributed by atoms with Crippen molar-refractivity contribution >= 4 is 17.2 Å². The van der Waals surface area contributed by atoms with Gasteiger partial charge in [0.15, 0.2) is 0 Å². The Balaban J connectivity index is 2.45. The highest BCUT2D eigenvalue weighted by molar-refractivity contribution is 7.80. The zero-order chi connectivity index (χ0) is 14.7. The van der Waals surface area contributed by atoms with Gasteiger partial charge in [0.25, 0.3) is 5.56 Å². The highest BCUT2D eigenvalue weighted by Gasteiger charge is 2.06. The van der Waals surface area contributed by atoms with Crippen molar-refractivity contribution < 1.29 is 0 Å². The molecule has 0 saturated heterocycles. The van der Waals surface area contributed by atoms with Crippen LogP contribution >= 0.6 is 12.2 Å². The maximum Gasteiger partial charge on any atom is 0.331 e. The highest BCUT2D eigenvalue weighted by atomic mass is 32.1. The molecule has 104 valence electrons. The Bertz CT molecular complexity index is 761. The topological polar surface area (TPSA) is 70.0 Å². The number of nitrogens with zero attached hydrogens (tertiary/aromatic N) is 2. The Hall–Kier alpha value is -2.21. The van der Waals surface area contributed by atoms with E-state index in [1.54, 1.807) is 18.2 Å². The Kier molecular flexibility index (Phi) is 4.14. The van der Waals surface area contributed by atoms with Crippen molar-refractivity contribution in [3.05, 3.63) is 68.5 Å². The predicted octanol–water partition coefficient (Wildman–Crippen LogP) is 0.712. The van der Waals surface area contributed by atoms with Crippen molar-refractivity contribution in [3.63, 3.8) is 0 Å². The molecule has 0 radical (unpaired) electrons. The first-order valence-corrected chi connectivity index (χ1v) is 6.62. The van der Waals surface area contributed by atoms with Crippen LogP contribution < -0.4 is 17.0 Å². The van der Waals surface area contributed by atoms with Crippen LogP contribution in [0.25, 0.3) is 0 Å². The molecule has 0 aliphatic rings. The zero-order valence-corrected chi connectivity index (χ0v) is 11.9. The third-order valence-corrected chi connectivity index (χ3v) is 3.27. The summed E-state index contributed by atoms with van der Waals surface area (Å²) < 4.78 is 2.68. The normalized spacial score (nSPS) is 10.4. The first kappa shape index (κ1) is 14.2. The van der Waals surface area contributed by atoms with Crippen LogP contribution in [0, 0.1) is 0 Å². The highest BCUT2D eigenvalue weighted by Crippen LogP contribution is 2.05. The van der Waals surface area contributed by atoms with Crippen molar-refractivity contribution in [1.29, 1.82) is 0 Å². The lowest BCUT2D eigenvalue weighted by molar-refractivity contribution is 0.600. The fourth-order valence-electron chi connectivity index (χ4n) is 1.95. The van der Waals surface area contributed by atoms with Gasteiger partial charge in [0.2, 0.25) is 0 Å². The van der Waals surface area contributed by atoms with Crippen LogP contribution in [0.15, 0.2) is 46.1 Å². The summed E-state index contributed by atoms with van der Waals surface area (Å²) in [5, 5.41) is 0. The number of hydrogen-bond donors (Lipinski definition) is 1. The number of hydrogen-bond acceptors (Lipinski definition) is 3. The van der Waals surface area contributed by atoms with E-state index in [1.807, 2.05) is 13.0 Å². The SMILES string of the molecule is CCn1ccc(=O)n(Cc2cccc(C(N)=S)c2)c1=O. The van der Waals surface area contributed by atoms with Crippen LogP contribution in [0.2, 0.25) is 0 Å². The number of rotatable bonds is 4. The summed E-state index contributed by atoms with van der Waals surface area (Å²) in [6, 6.07) is 8.61. The molecule has 0 saturated carbocycles. The van der Waals surface area contributed by atoms with Crippen LogP contribution in [0.4, 0.5) is 0 Å². The second-order valence-corrected chi connectivity index (χ2v) is 4.81. The van der Waals surface area contributed by atoms with Gasteiger partial charge in [-0.25, -0.2) is 4.79 Å². The molecule has 0 spiro atoms. The number of nitrogens with two attached hydrogens (primary N) is 1. The maximum absolute atomic E-state index is 12.1. The Labute approximate surface area is 121 Å². The van der Waals surface area contributed by atoms with E-state index in [0.29, 0.717) is 11.5 Å².